The second-order valence-corrected chi connectivity index (χ2v) is 4.42. The Kier molecular flexibility index (Phi) is 3.65. The number of aliphatic hydroxyl groups excluding tert-OH is 2. The van der Waals surface area contributed by atoms with E-state index in [0.29, 0.717) is 5.69 Å². The second kappa shape index (κ2) is 5.06. The molecule has 3 N–H and O–H groups in total. The van der Waals surface area contributed by atoms with E-state index in [4.69, 9.17) is 11.6 Å². The highest BCUT2D eigenvalue weighted by Crippen LogP contribution is 2.32. The Morgan fingerprint density at radius 3 is 2.67 bits per heavy atom. The molecule has 96 valence electrons. The summed E-state index contributed by atoms with van der Waals surface area (Å²) in [4.78, 5) is 22.9. The molecule has 1 heterocycles. The van der Waals surface area contributed by atoms with Crippen LogP contribution in [0.5, 0.6) is 0 Å². The SMILES string of the molecule is O=C1Nc2cccc(C(O)C(O)CCCl)c2C1=O. The van der Waals surface area contributed by atoms with Crippen molar-refractivity contribution >= 4 is 29.0 Å². The molecule has 1 amide bonds. The van der Waals surface area contributed by atoms with Crippen molar-refractivity contribution in [1.29, 1.82) is 0 Å². The predicted molar refractivity (Wildman–Crippen MR) is 65.7 cm³/mol. The topological polar surface area (TPSA) is 86.6 Å². The fraction of sp³-hybridized carbons (Fsp3) is 0.333. The molecule has 0 spiro atoms. The Morgan fingerprint density at radius 2 is 2.00 bits per heavy atom. The van der Waals surface area contributed by atoms with Gasteiger partial charge in [0.2, 0.25) is 0 Å². The third-order valence-electron chi connectivity index (χ3n) is 2.87. The largest absolute Gasteiger partial charge is 0.390 e. The Bertz CT molecular complexity index is 503. The van der Waals surface area contributed by atoms with Gasteiger partial charge in [0.1, 0.15) is 6.10 Å². The molecular weight excluding hydrogens is 258 g/mol. The van der Waals surface area contributed by atoms with E-state index in [1.54, 1.807) is 12.1 Å². The van der Waals surface area contributed by atoms with E-state index >= 15 is 0 Å². The predicted octanol–water partition coefficient (Wildman–Crippen LogP) is 0.845. The number of alkyl halides is 1. The molecule has 6 heteroatoms. The first-order valence-corrected chi connectivity index (χ1v) is 6.00. The van der Waals surface area contributed by atoms with Crippen molar-refractivity contribution in [3.63, 3.8) is 0 Å². The summed E-state index contributed by atoms with van der Waals surface area (Å²) in [6, 6.07) is 4.69. The van der Waals surface area contributed by atoms with Crippen LogP contribution in [0.15, 0.2) is 18.2 Å². The van der Waals surface area contributed by atoms with Crippen molar-refractivity contribution in [2.75, 3.05) is 11.2 Å². The number of ketones is 1. The number of carbonyl (C=O) groups is 2. The van der Waals surface area contributed by atoms with Gasteiger partial charge in [-0.2, -0.15) is 0 Å². The quantitative estimate of drug-likeness (QED) is 0.559. The van der Waals surface area contributed by atoms with Crippen molar-refractivity contribution in [2.45, 2.75) is 18.6 Å². The number of aliphatic hydroxyl groups is 2. The molecule has 2 rings (SSSR count). The van der Waals surface area contributed by atoms with E-state index in [1.807, 2.05) is 0 Å². The van der Waals surface area contributed by atoms with Gasteiger partial charge in [-0.1, -0.05) is 12.1 Å². The maximum absolute atomic E-state index is 11.7. The fourth-order valence-electron chi connectivity index (χ4n) is 1.94. The summed E-state index contributed by atoms with van der Waals surface area (Å²) >= 11 is 5.49. The lowest BCUT2D eigenvalue weighted by Crippen LogP contribution is -2.21. The third kappa shape index (κ3) is 2.12. The molecule has 0 bridgehead atoms. The average Bonchev–Trinajstić information content (AvgIpc) is 2.64. The number of carbonyl (C=O) groups excluding carboxylic acids is 2. The highest BCUT2D eigenvalue weighted by Gasteiger charge is 2.33. The molecule has 0 radical (unpaired) electrons. The van der Waals surface area contributed by atoms with Crippen LogP contribution in [-0.4, -0.2) is 33.9 Å². The van der Waals surface area contributed by atoms with Crippen molar-refractivity contribution < 1.29 is 19.8 Å². The van der Waals surface area contributed by atoms with Crippen LogP contribution in [0.2, 0.25) is 0 Å². The van der Waals surface area contributed by atoms with Gasteiger partial charge >= 0.3 is 0 Å². The van der Waals surface area contributed by atoms with Crippen LogP contribution in [0.25, 0.3) is 0 Å². The molecule has 1 aliphatic heterocycles. The summed E-state index contributed by atoms with van der Waals surface area (Å²) < 4.78 is 0. The summed E-state index contributed by atoms with van der Waals surface area (Å²) in [5.74, 6) is -1.23. The van der Waals surface area contributed by atoms with E-state index < -0.39 is 23.9 Å². The molecular formula is C12H12ClNO4. The molecule has 0 aromatic heterocycles. The summed E-state index contributed by atoms with van der Waals surface area (Å²) in [6.07, 6.45) is -2.12. The number of halogens is 1. The molecule has 18 heavy (non-hydrogen) atoms. The zero-order valence-corrected chi connectivity index (χ0v) is 10.1. The van der Waals surface area contributed by atoms with E-state index in [-0.39, 0.29) is 23.4 Å². The lowest BCUT2D eigenvalue weighted by atomic mass is 9.95. The van der Waals surface area contributed by atoms with E-state index in [9.17, 15) is 19.8 Å². The molecule has 1 aliphatic rings. The Balaban J connectivity index is 2.39. The fourth-order valence-corrected chi connectivity index (χ4v) is 2.17. The van der Waals surface area contributed by atoms with Crippen molar-refractivity contribution in [2.24, 2.45) is 0 Å². The first-order valence-electron chi connectivity index (χ1n) is 5.47. The second-order valence-electron chi connectivity index (χ2n) is 4.04. The van der Waals surface area contributed by atoms with Gasteiger partial charge < -0.3 is 15.5 Å². The zero-order valence-electron chi connectivity index (χ0n) is 9.39. The van der Waals surface area contributed by atoms with Crippen LogP contribution in [0, 0.1) is 0 Å². The van der Waals surface area contributed by atoms with Gasteiger partial charge in [-0.3, -0.25) is 9.59 Å². The van der Waals surface area contributed by atoms with Crippen LogP contribution in [0.1, 0.15) is 28.4 Å². The number of anilines is 1. The van der Waals surface area contributed by atoms with E-state index in [0.717, 1.165) is 0 Å². The number of nitrogens with one attached hydrogen (secondary N) is 1. The van der Waals surface area contributed by atoms with Gasteiger partial charge in [-0.25, -0.2) is 0 Å². The monoisotopic (exact) mass is 269 g/mol. The average molecular weight is 270 g/mol. The minimum atomic E-state index is -1.24. The van der Waals surface area contributed by atoms with Crippen LogP contribution in [-0.2, 0) is 4.79 Å². The highest BCUT2D eigenvalue weighted by molar-refractivity contribution is 6.52. The van der Waals surface area contributed by atoms with E-state index in [2.05, 4.69) is 5.32 Å². The van der Waals surface area contributed by atoms with E-state index in [1.165, 1.54) is 6.07 Å². The minimum absolute atomic E-state index is 0.128. The maximum Gasteiger partial charge on any atom is 0.296 e. The molecule has 0 saturated heterocycles. The van der Waals surface area contributed by atoms with Gasteiger partial charge in [0.25, 0.3) is 11.7 Å². The number of Topliss-reactive ketones (excluding diaryl/α,β-unsaturated/α-hetero) is 1. The summed E-state index contributed by atoms with van der Waals surface area (Å²) in [5, 5.41) is 22.1. The van der Waals surface area contributed by atoms with Crippen LogP contribution < -0.4 is 5.32 Å². The lowest BCUT2D eigenvalue weighted by molar-refractivity contribution is -0.112. The van der Waals surface area contributed by atoms with Crippen molar-refractivity contribution in [3.05, 3.63) is 29.3 Å². The van der Waals surface area contributed by atoms with Crippen molar-refractivity contribution in [1.82, 2.24) is 0 Å². The normalized spacial score (nSPS) is 17.3. The molecule has 0 saturated carbocycles. The molecule has 2 atom stereocenters. The first-order chi connectivity index (χ1) is 8.56. The van der Waals surface area contributed by atoms with Gasteiger partial charge in [0, 0.05) is 5.88 Å². The molecule has 0 fully saturated rings. The van der Waals surface area contributed by atoms with Crippen molar-refractivity contribution in [3.8, 4) is 0 Å². The number of fused-ring (bicyclic) bond motifs is 1. The number of hydrogen-bond acceptors (Lipinski definition) is 4. The molecule has 5 nitrogen and oxygen atoms in total. The zero-order chi connectivity index (χ0) is 13.3. The molecule has 1 aromatic rings. The van der Waals surface area contributed by atoms with Crippen LogP contribution >= 0.6 is 11.6 Å². The Morgan fingerprint density at radius 1 is 1.28 bits per heavy atom. The highest BCUT2D eigenvalue weighted by atomic mass is 35.5. The lowest BCUT2D eigenvalue weighted by Gasteiger charge is -2.18. The van der Waals surface area contributed by atoms with Crippen LogP contribution in [0.3, 0.4) is 0 Å². The van der Waals surface area contributed by atoms with Gasteiger partial charge in [0.15, 0.2) is 0 Å². The number of amides is 1. The third-order valence-corrected chi connectivity index (χ3v) is 3.08. The first kappa shape index (κ1) is 13.0. The summed E-state index contributed by atoms with van der Waals surface area (Å²) in [7, 11) is 0. The van der Waals surface area contributed by atoms with Gasteiger partial charge in [-0.15, -0.1) is 11.6 Å². The Labute approximate surface area is 108 Å². The van der Waals surface area contributed by atoms with Gasteiger partial charge in [-0.05, 0) is 18.1 Å². The number of hydrogen-bond donors (Lipinski definition) is 3. The van der Waals surface area contributed by atoms with Crippen LogP contribution in [0.4, 0.5) is 5.69 Å². The minimum Gasteiger partial charge on any atom is -0.390 e. The molecule has 1 aromatic carbocycles. The van der Waals surface area contributed by atoms with Gasteiger partial charge in [0.05, 0.1) is 17.4 Å². The number of rotatable bonds is 4. The summed E-state index contributed by atoms with van der Waals surface area (Å²) in [6.45, 7) is 0. The molecule has 0 aliphatic carbocycles. The maximum atomic E-state index is 11.7. The molecule has 2 unspecified atom stereocenters. The smallest absolute Gasteiger partial charge is 0.296 e. The number of benzene rings is 1. The Hall–Kier alpha value is -1.43. The standard InChI is InChI=1S/C12H12ClNO4/c13-5-4-8(15)10(16)6-2-1-3-7-9(6)11(17)12(18)14-7/h1-3,8,10,15-16H,4-5H2,(H,14,17,18). The summed E-state index contributed by atoms with van der Waals surface area (Å²) in [5.41, 5.74) is 0.733.